The van der Waals surface area contributed by atoms with Crippen LogP contribution in [0.2, 0.25) is 0 Å². The first-order valence-corrected chi connectivity index (χ1v) is 5.19. The fourth-order valence-electron chi connectivity index (χ4n) is 1.47. The van der Waals surface area contributed by atoms with Gasteiger partial charge in [0.1, 0.15) is 11.0 Å². The molecule has 0 bridgehead atoms. The van der Waals surface area contributed by atoms with Crippen LogP contribution in [0.3, 0.4) is 0 Å². The number of hydrogen-bond acceptors (Lipinski definition) is 3. The van der Waals surface area contributed by atoms with E-state index in [-0.39, 0.29) is 4.86 Å². The summed E-state index contributed by atoms with van der Waals surface area (Å²) in [6, 6.07) is 7.16. The highest BCUT2D eigenvalue weighted by molar-refractivity contribution is 7.73. The van der Waals surface area contributed by atoms with Gasteiger partial charge in [0.2, 0.25) is 10.3 Å². The van der Waals surface area contributed by atoms with Crippen LogP contribution in [0.25, 0.3) is 6.08 Å². The van der Waals surface area contributed by atoms with Crippen LogP contribution in [-0.2, 0) is 10.3 Å². The number of rotatable bonds is 0. The average molecular weight is 208 g/mol. The van der Waals surface area contributed by atoms with E-state index in [2.05, 4.69) is 0 Å². The molecule has 0 radical (unpaired) electrons. The van der Waals surface area contributed by atoms with Crippen molar-refractivity contribution in [2.75, 3.05) is 0 Å². The molecule has 0 aliphatic heterocycles. The lowest BCUT2D eigenvalue weighted by atomic mass is 9.95. The quantitative estimate of drug-likeness (QED) is 0.641. The van der Waals surface area contributed by atoms with Crippen molar-refractivity contribution in [3.8, 4) is 0 Å². The summed E-state index contributed by atoms with van der Waals surface area (Å²) in [6.45, 7) is 0. The second-order valence-electron chi connectivity index (χ2n) is 3.00. The Morgan fingerprint density at radius 2 is 1.86 bits per heavy atom. The summed E-state index contributed by atoms with van der Waals surface area (Å²) < 4.78 is 21.5. The molecule has 0 aromatic heterocycles. The molecule has 0 saturated heterocycles. The van der Waals surface area contributed by atoms with Gasteiger partial charge in [0.05, 0.1) is 0 Å². The fraction of sp³-hybridized carbons (Fsp3) is 0.100. The van der Waals surface area contributed by atoms with Crippen molar-refractivity contribution in [3.05, 3.63) is 41.5 Å². The van der Waals surface area contributed by atoms with E-state index in [9.17, 15) is 13.5 Å². The predicted octanol–water partition coefficient (Wildman–Crippen LogP) is 0.798. The molecule has 14 heavy (non-hydrogen) atoms. The van der Waals surface area contributed by atoms with Gasteiger partial charge in [-0.05, 0) is 17.2 Å². The van der Waals surface area contributed by atoms with E-state index in [1.807, 2.05) is 12.1 Å². The van der Waals surface area contributed by atoms with E-state index in [1.165, 1.54) is 6.08 Å². The van der Waals surface area contributed by atoms with Gasteiger partial charge in [-0.1, -0.05) is 30.3 Å². The first-order chi connectivity index (χ1) is 6.70. The van der Waals surface area contributed by atoms with Crippen molar-refractivity contribution in [3.63, 3.8) is 0 Å². The molecule has 0 amide bonds. The molecule has 1 unspecified atom stereocenters. The number of hydrogen-bond donors (Lipinski definition) is 1. The summed E-state index contributed by atoms with van der Waals surface area (Å²) >= 11 is 0. The maximum Gasteiger partial charge on any atom is 0.220 e. The van der Waals surface area contributed by atoms with Gasteiger partial charge < -0.3 is 5.11 Å². The van der Waals surface area contributed by atoms with Crippen LogP contribution in [-0.4, -0.2) is 18.4 Å². The lowest BCUT2D eigenvalue weighted by molar-refractivity contribution is 0.250. The van der Waals surface area contributed by atoms with E-state index >= 15 is 0 Å². The lowest BCUT2D eigenvalue weighted by Crippen LogP contribution is -2.14. The van der Waals surface area contributed by atoms with Crippen molar-refractivity contribution < 1.29 is 13.5 Å². The minimum absolute atomic E-state index is 0.0173. The molecule has 4 heteroatoms. The maximum absolute atomic E-state index is 10.7. The molecule has 2 rings (SSSR count). The molecule has 72 valence electrons. The molecular formula is C10H8O3S. The normalized spacial score (nSPS) is 19.2. The van der Waals surface area contributed by atoms with E-state index in [0.29, 0.717) is 5.56 Å². The molecular weight excluding hydrogens is 200 g/mol. The van der Waals surface area contributed by atoms with Gasteiger partial charge in [0.25, 0.3) is 0 Å². The molecule has 1 N–H and O–H groups in total. The Morgan fingerprint density at radius 3 is 2.57 bits per heavy atom. The number of aliphatic hydroxyl groups is 1. The molecule has 1 aliphatic rings. The van der Waals surface area contributed by atoms with Crippen molar-refractivity contribution in [1.82, 2.24) is 0 Å². The molecule has 1 aromatic rings. The van der Waals surface area contributed by atoms with Crippen molar-refractivity contribution in [2.24, 2.45) is 0 Å². The van der Waals surface area contributed by atoms with Crippen molar-refractivity contribution in [2.45, 2.75) is 6.10 Å². The Kier molecular flexibility index (Phi) is 2.23. The average Bonchev–Trinajstić information content (AvgIpc) is 2.18. The Labute approximate surface area is 82.9 Å². The molecule has 1 aliphatic carbocycles. The van der Waals surface area contributed by atoms with Crippen LogP contribution in [0.1, 0.15) is 17.2 Å². The van der Waals surface area contributed by atoms with Crippen molar-refractivity contribution in [1.29, 1.82) is 0 Å². The van der Waals surface area contributed by atoms with Crippen LogP contribution < -0.4 is 0 Å². The van der Waals surface area contributed by atoms with Gasteiger partial charge in [-0.25, -0.2) is 0 Å². The first kappa shape index (κ1) is 9.18. The Balaban J connectivity index is 2.67. The van der Waals surface area contributed by atoms with Gasteiger partial charge in [-0.3, -0.25) is 0 Å². The standard InChI is InChI=1S/C10H8O3S/c11-10-8-4-2-1-3-7(8)5-6-9(10)14(12)13/h1-6,10-11H. The van der Waals surface area contributed by atoms with Gasteiger partial charge in [0, 0.05) is 0 Å². The van der Waals surface area contributed by atoms with E-state index < -0.39 is 16.4 Å². The zero-order chi connectivity index (χ0) is 10.1. The van der Waals surface area contributed by atoms with E-state index in [1.54, 1.807) is 18.2 Å². The highest BCUT2D eigenvalue weighted by Gasteiger charge is 2.20. The molecule has 1 atom stereocenters. The first-order valence-electron chi connectivity index (χ1n) is 4.11. The molecule has 0 fully saturated rings. The largest absolute Gasteiger partial charge is 0.383 e. The van der Waals surface area contributed by atoms with Crippen LogP contribution in [0.4, 0.5) is 0 Å². The SMILES string of the molecule is O=S(=O)=C1C=Cc2ccccc2C1O. The van der Waals surface area contributed by atoms with Crippen LogP contribution >= 0.6 is 0 Å². The second kappa shape index (κ2) is 3.40. The number of benzene rings is 1. The topological polar surface area (TPSA) is 54.4 Å². The van der Waals surface area contributed by atoms with Gasteiger partial charge >= 0.3 is 0 Å². The monoisotopic (exact) mass is 208 g/mol. The smallest absolute Gasteiger partial charge is 0.220 e. The Hall–Kier alpha value is -1.39. The molecule has 1 aromatic carbocycles. The molecule has 0 spiro atoms. The van der Waals surface area contributed by atoms with Gasteiger partial charge in [-0.2, -0.15) is 8.42 Å². The summed E-state index contributed by atoms with van der Waals surface area (Å²) in [5.74, 6) is 0. The number of fused-ring (bicyclic) bond motifs is 1. The summed E-state index contributed by atoms with van der Waals surface area (Å²) in [5.41, 5.74) is 1.49. The van der Waals surface area contributed by atoms with Gasteiger partial charge in [0.15, 0.2) is 0 Å². The zero-order valence-electron chi connectivity index (χ0n) is 7.21. The van der Waals surface area contributed by atoms with Gasteiger partial charge in [-0.15, -0.1) is 0 Å². The highest BCUT2D eigenvalue weighted by atomic mass is 32.2. The summed E-state index contributed by atoms with van der Waals surface area (Å²) in [5, 5.41) is 9.71. The van der Waals surface area contributed by atoms with Crippen LogP contribution in [0.15, 0.2) is 30.3 Å². The summed E-state index contributed by atoms with van der Waals surface area (Å²) in [7, 11) is -2.36. The van der Waals surface area contributed by atoms with Crippen molar-refractivity contribution >= 4 is 21.2 Å². The summed E-state index contributed by atoms with van der Waals surface area (Å²) in [6.07, 6.45) is 2.08. The molecule has 0 heterocycles. The van der Waals surface area contributed by atoms with Crippen LogP contribution in [0.5, 0.6) is 0 Å². The zero-order valence-corrected chi connectivity index (χ0v) is 8.03. The summed E-state index contributed by atoms with van der Waals surface area (Å²) in [4.78, 5) is 0.0173. The third-order valence-electron chi connectivity index (χ3n) is 2.18. The highest BCUT2D eigenvalue weighted by Crippen LogP contribution is 2.25. The fourth-order valence-corrected chi connectivity index (χ4v) is 1.96. The minimum Gasteiger partial charge on any atom is -0.383 e. The lowest BCUT2D eigenvalue weighted by Gasteiger charge is -2.16. The maximum atomic E-state index is 10.7. The second-order valence-corrected chi connectivity index (χ2v) is 3.94. The van der Waals surface area contributed by atoms with Crippen LogP contribution in [0, 0.1) is 0 Å². The number of aliphatic hydroxyl groups excluding tert-OH is 1. The Bertz CT molecular complexity index is 518. The van der Waals surface area contributed by atoms with E-state index in [0.717, 1.165) is 5.56 Å². The minimum atomic E-state index is -2.36. The molecule has 3 nitrogen and oxygen atoms in total. The van der Waals surface area contributed by atoms with E-state index in [4.69, 9.17) is 0 Å². The molecule has 0 saturated carbocycles. The predicted molar refractivity (Wildman–Crippen MR) is 54.4 cm³/mol. The Morgan fingerprint density at radius 1 is 1.14 bits per heavy atom. The third kappa shape index (κ3) is 1.38. The third-order valence-corrected chi connectivity index (χ3v) is 2.92.